The number of aromatic nitrogens is 2. The van der Waals surface area contributed by atoms with E-state index in [1.165, 1.54) is 9.13 Å². The van der Waals surface area contributed by atoms with E-state index in [-0.39, 0.29) is 0 Å². The Bertz CT molecular complexity index is 552. The number of hydrogen-bond acceptors (Lipinski definition) is 4. The van der Waals surface area contributed by atoms with Crippen molar-refractivity contribution in [3.8, 4) is 11.4 Å². The molecule has 0 radical (unpaired) electrons. The Morgan fingerprint density at radius 2 is 2.16 bits per heavy atom. The van der Waals surface area contributed by atoms with Gasteiger partial charge < -0.3 is 9.26 Å². The number of ether oxygens (including phenoxy) is 1. The lowest BCUT2D eigenvalue weighted by Crippen LogP contribution is -1.97. The highest BCUT2D eigenvalue weighted by molar-refractivity contribution is 14.1. The first-order valence-corrected chi connectivity index (χ1v) is 7.28. The van der Waals surface area contributed by atoms with Crippen molar-refractivity contribution in [2.24, 2.45) is 5.92 Å². The van der Waals surface area contributed by atoms with Crippen molar-refractivity contribution in [1.29, 1.82) is 0 Å². The molecule has 1 aromatic heterocycles. The lowest BCUT2D eigenvalue weighted by molar-refractivity contribution is 0.151. The molecule has 0 N–H and O–H groups in total. The maximum Gasteiger partial charge on any atom is 0.252 e. The summed E-state index contributed by atoms with van der Waals surface area (Å²) in [6.07, 6.45) is 1.08. The summed E-state index contributed by atoms with van der Waals surface area (Å²) in [6.45, 7) is 4.79. The van der Waals surface area contributed by atoms with Crippen LogP contribution < -0.4 is 0 Å². The van der Waals surface area contributed by atoms with Crippen molar-refractivity contribution >= 4 is 22.6 Å². The Balaban J connectivity index is 2.22. The van der Waals surface area contributed by atoms with Gasteiger partial charge in [0.05, 0.1) is 0 Å². The molecule has 0 aliphatic heterocycles. The number of halogens is 1. The van der Waals surface area contributed by atoms with Crippen molar-refractivity contribution in [2.45, 2.75) is 26.9 Å². The third-order valence-electron chi connectivity index (χ3n) is 2.68. The molecule has 0 amide bonds. The second-order valence-corrected chi connectivity index (χ2v) is 6.01. The van der Waals surface area contributed by atoms with Gasteiger partial charge in [0.2, 0.25) is 5.82 Å². The highest BCUT2D eigenvalue weighted by Gasteiger charge is 2.10. The van der Waals surface area contributed by atoms with Crippen LogP contribution in [-0.2, 0) is 17.8 Å². The molecule has 0 saturated carbocycles. The molecular weight excluding hydrogens is 355 g/mol. The van der Waals surface area contributed by atoms with Gasteiger partial charge in [0.1, 0.15) is 6.61 Å². The molecule has 0 saturated heterocycles. The van der Waals surface area contributed by atoms with Gasteiger partial charge in [-0.15, -0.1) is 0 Å². The van der Waals surface area contributed by atoms with Crippen LogP contribution in [0.25, 0.3) is 11.4 Å². The van der Waals surface area contributed by atoms with E-state index in [1.807, 2.05) is 6.07 Å². The molecule has 2 rings (SSSR count). The first-order valence-electron chi connectivity index (χ1n) is 6.20. The number of rotatable bonds is 5. The molecule has 0 bridgehead atoms. The average molecular weight is 372 g/mol. The molecule has 19 heavy (non-hydrogen) atoms. The smallest absolute Gasteiger partial charge is 0.252 e. The minimum atomic E-state index is 0.343. The fourth-order valence-corrected chi connectivity index (χ4v) is 2.58. The maximum absolute atomic E-state index is 5.11. The molecule has 0 atom stereocenters. The zero-order valence-corrected chi connectivity index (χ0v) is 13.5. The van der Waals surface area contributed by atoms with Crippen LogP contribution >= 0.6 is 22.6 Å². The lowest BCUT2D eigenvalue weighted by atomic mass is 10.0. The zero-order valence-electron chi connectivity index (χ0n) is 11.3. The average Bonchev–Trinajstić information content (AvgIpc) is 2.80. The van der Waals surface area contributed by atoms with Crippen LogP contribution in [0.1, 0.15) is 25.3 Å². The summed E-state index contributed by atoms with van der Waals surface area (Å²) in [7, 11) is 1.60. The fraction of sp³-hybridized carbons (Fsp3) is 0.429. The number of nitrogens with zero attached hydrogens (tertiary/aromatic N) is 2. The molecule has 102 valence electrons. The zero-order chi connectivity index (χ0) is 13.8. The van der Waals surface area contributed by atoms with E-state index in [0.29, 0.717) is 24.2 Å². The van der Waals surface area contributed by atoms with Crippen molar-refractivity contribution in [1.82, 2.24) is 10.1 Å². The quantitative estimate of drug-likeness (QED) is 0.752. The van der Waals surface area contributed by atoms with Crippen molar-refractivity contribution in [3.63, 3.8) is 0 Å². The van der Waals surface area contributed by atoms with Crippen LogP contribution in [0.3, 0.4) is 0 Å². The summed E-state index contributed by atoms with van der Waals surface area (Å²) in [6, 6.07) is 6.28. The molecular formula is C14H17IN2O2. The Morgan fingerprint density at radius 1 is 1.37 bits per heavy atom. The largest absolute Gasteiger partial charge is 0.375 e. The summed E-state index contributed by atoms with van der Waals surface area (Å²) in [5, 5.41) is 3.97. The summed E-state index contributed by atoms with van der Waals surface area (Å²) in [5.74, 6) is 1.76. The van der Waals surface area contributed by atoms with Gasteiger partial charge >= 0.3 is 0 Å². The van der Waals surface area contributed by atoms with E-state index in [9.17, 15) is 0 Å². The SMILES string of the molecule is COCc1nc(-c2ccc(CC(C)C)c(I)c2)no1. The summed E-state index contributed by atoms with van der Waals surface area (Å²) >= 11 is 2.36. The molecule has 2 aromatic rings. The van der Waals surface area contributed by atoms with Crippen LogP contribution in [-0.4, -0.2) is 17.3 Å². The van der Waals surface area contributed by atoms with E-state index in [2.05, 4.69) is 58.7 Å². The minimum Gasteiger partial charge on any atom is -0.375 e. The summed E-state index contributed by atoms with van der Waals surface area (Å²) in [4.78, 5) is 4.30. The van der Waals surface area contributed by atoms with Crippen molar-refractivity contribution < 1.29 is 9.26 Å². The predicted octanol–water partition coefficient (Wildman–Crippen LogP) is 3.69. The van der Waals surface area contributed by atoms with Gasteiger partial charge in [-0.2, -0.15) is 4.98 Å². The maximum atomic E-state index is 5.11. The van der Waals surface area contributed by atoms with E-state index in [0.717, 1.165) is 12.0 Å². The minimum absolute atomic E-state index is 0.343. The molecule has 0 spiro atoms. The number of methoxy groups -OCH3 is 1. The second kappa shape index (κ2) is 6.47. The lowest BCUT2D eigenvalue weighted by Gasteiger charge is -2.08. The van der Waals surface area contributed by atoms with E-state index in [4.69, 9.17) is 9.26 Å². The van der Waals surface area contributed by atoms with Gasteiger partial charge in [0.15, 0.2) is 0 Å². The molecule has 0 unspecified atom stereocenters. The fourth-order valence-electron chi connectivity index (χ4n) is 1.85. The molecule has 0 fully saturated rings. The molecule has 4 nitrogen and oxygen atoms in total. The third kappa shape index (κ3) is 3.76. The van der Waals surface area contributed by atoms with Crippen LogP contribution in [0.4, 0.5) is 0 Å². The highest BCUT2D eigenvalue weighted by Crippen LogP contribution is 2.23. The van der Waals surface area contributed by atoms with E-state index >= 15 is 0 Å². The first-order chi connectivity index (χ1) is 9.10. The van der Waals surface area contributed by atoms with Crippen molar-refractivity contribution in [3.05, 3.63) is 33.2 Å². The van der Waals surface area contributed by atoms with Gasteiger partial charge in [-0.05, 0) is 46.6 Å². The summed E-state index contributed by atoms with van der Waals surface area (Å²) < 4.78 is 11.3. The van der Waals surface area contributed by atoms with Gasteiger partial charge in [-0.3, -0.25) is 0 Å². The molecule has 1 aromatic carbocycles. The second-order valence-electron chi connectivity index (χ2n) is 4.85. The molecule has 1 heterocycles. The van der Waals surface area contributed by atoms with Gasteiger partial charge in [-0.1, -0.05) is 31.1 Å². The Labute approximate surface area is 126 Å². The van der Waals surface area contributed by atoms with Crippen LogP contribution in [0.15, 0.2) is 22.7 Å². The monoisotopic (exact) mass is 372 g/mol. The van der Waals surface area contributed by atoms with E-state index in [1.54, 1.807) is 7.11 Å². The van der Waals surface area contributed by atoms with Crippen LogP contribution in [0, 0.1) is 9.49 Å². The van der Waals surface area contributed by atoms with Gasteiger partial charge in [0.25, 0.3) is 5.89 Å². The Hall–Kier alpha value is -0.950. The molecule has 5 heteroatoms. The van der Waals surface area contributed by atoms with E-state index < -0.39 is 0 Å². The number of hydrogen-bond donors (Lipinski definition) is 0. The Morgan fingerprint density at radius 3 is 2.79 bits per heavy atom. The summed E-state index contributed by atoms with van der Waals surface area (Å²) in [5.41, 5.74) is 2.34. The standard InChI is InChI=1S/C14H17IN2O2/c1-9(2)6-10-4-5-11(7-12(10)15)14-16-13(8-18-3)19-17-14/h4-5,7,9H,6,8H2,1-3H3. The van der Waals surface area contributed by atoms with Crippen molar-refractivity contribution in [2.75, 3.05) is 7.11 Å². The van der Waals surface area contributed by atoms with Gasteiger partial charge in [-0.25, -0.2) is 0 Å². The normalized spacial score (nSPS) is 11.2. The number of benzene rings is 1. The third-order valence-corrected chi connectivity index (χ3v) is 3.68. The highest BCUT2D eigenvalue weighted by atomic mass is 127. The van der Waals surface area contributed by atoms with Gasteiger partial charge in [0, 0.05) is 16.2 Å². The first kappa shape index (κ1) is 14.5. The predicted molar refractivity (Wildman–Crippen MR) is 81.7 cm³/mol. The molecule has 0 aliphatic carbocycles. The van der Waals surface area contributed by atoms with Crippen LogP contribution in [0.2, 0.25) is 0 Å². The molecule has 0 aliphatic rings. The Kier molecular flexibility index (Phi) is 4.93. The van der Waals surface area contributed by atoms with Crippen LogP contribution in [0.5, 0.6) is 0 Å². The topological polar surface area (TPSA) is 48.2 Å².